The average molecular weight is 259 g/mol. The zero-order valence-electron chi connectivity index (χ0n) is 11.3. The van der Waals surface area contributed by atoms with Crippen LogP contribution in [0.5, 0.6) is 0 Å². The predicted octanol–water partition coefficient (Wildman–Crippen LogP) is 1.98. The zero-order chi connectivity index (χ0) is 13.2. The molecule has 0 aliphatic carbocycles. The van der Waals surface area contributed by atoms with Gasteiger partial charge in [0.15, 0.2) is 0 Å². The fourth-order valence-corrected chi connectivity index (χ4v) is 3.05. The van der Waals surface area contributed by atoms with E-state index in [1.54, 1.807) is 0 Å². The summed E-state index contributed by atoms with van der Waals surface area (Å²) in [7, 11) is 1.85. The lowest BCUT2D eigenvalue weighted by Gasteiger charge is -2.43. The van der Waals surface area contributed by atoms with Crippen molar-refractivity contribution in [3.63, 3.8) is 0 Å². The van der Waals surface area contributed by atoms with Crippen molar-refractivity contribution >= 4 is 11.7 Å². The molecule has 1 atom stereocenters. The lowest BCUT2D eigenvalue weighted by atomic mass is 9.86. The molecule has 0 unspecified atom stereocenters. The number of piperidine rings is 3. The van der Waals surface area contributed by atoms with Gasteiger partial charge in [0.2, 0.25) is 0 Å². The number of nitrogens with zero attached hydrogens (tertiary/aromatic N) is 1. The van der Waals surface area contributed by atoms with Crippen LogP contribution in [0.3, 0.4) is 0 Å². The predicted molar refractivity (Wildman–Crippen MR) is 74.4 cm³/mol. The molecule has 1 aromatic carbocycles. The van der Waals surface area contributed by atoms with Gasteiger partial charge < -0.3 is 10.1 Å². The van der Waals surface area contributed by atoms with Gasteiger partial charge in [0.25, 0.3) is 0 Å². The van der Waals surface area contributed by atoms with Crippen molar-refractivity contribution in [3.8, 4) is 0 Å². The van der Waals surface area contributed by atoms with Crippen molar-refractivity contribution in [2.24, 2.45) is 5.92 Å². The van der Waals surface area contributed by atoms with Gasteiger partial charge in [-0.05, 0) is 50.0 Å². The summed E-state index contributed by atoms with van der Waals surface area (Å²) in [6, 6.07) is 7.46. The van der Waals surface area contributed by atoms with Gasteiger partial charge in [0, 0.05) is 19.3 Å². The molecule has 3 heterocycles. The minimum atomic E-state index is -0.198. The van der Waals surface area contributed by atoms with Gasteiger partial charge in [0.05, 0.1) is 5.56 Å². The number of hydrogen-bond acceptors (Lipinski definition) is 4. The Kier molecular flexibility index (Phi) is 3.42. The number of nitrogens with one attached hydrogen (secondary N) is 1. The summed E-state index contributed by atoms with van der Waals surface area (Å²) in [5.74, 6) is 0.359. The normalized spacial score (nSPS) is 29.0. The Morgan fingerprint density at radius 1 is 1.37 bits per heavy atom. The third-order valence-electron chi connectivity index (χ3n) is 4.24. The van der Waals surface area contributed by atoms with Gasteiger partial charge in [-0.15, -0.1) is 0 Å². The van der Waals surface area contributed by atoms with E-state index < -0.39 is 0 Å². The molecule has 4 nitrogen and oxygen atoms in total. The van der Waals surface area contributed by atoms with E-state index in [1.165, 1.54) is 0 Å². The number of benzene rings is 1. The van der Waals surface area contributed by atoms with Crippen molar-refractivity contribution in [1.29, 1.82) is 0 Å². The molecule has 3 aliphatic heterocycles. The second-order valence-corrected chi connectivity index (χ2v) is 5.41. The minimum absolute atomic E-state index is 0.0771. The van der Waals surface area contributed by atoms with Gasteiger partial charge in [0.1, 0.15) is 6.10 Å². The molecule has 3 fully saturated rings. The highest BCUT2D eigenvalue weighted by Gasteiger charge is 2.36. The number of hydrogen-bond donors (Lipinski definition) is 1. The van der Waals surface area contributed by atoms with Gasteiger partial charge in [-0.1, -0.05) is 6.07 Å². The number of esters is 1. The molecule has 0 aromatic heterocycles. The first-order chi connectivity index (χ1) is 9.26. The van der Waals surface area contributed by atoms with Crippen LogP contribution in [0.25, 0.3) is 0 Å². The largest absolute Gasteiger partial charge is 0.457 e. The molecule has 0 saturated carbocycles. The number of carbonyl (C=O) groups excluding carboxylic acids is 1. The Balaban J connectivity index is 1.67. The van der Waals surface area contributed by atoms with Crippen LogP contribution in [-0.4, -0.2) is 43.7 Å². The van der Waals surface area contributed by atoms with Crippen LogP contribution in [0.4, 0.5) is 5.69 Å². The van der Waals surface area contributed by atoms with Crippen molar-refractivity contribution < 1.29 is 9.53 Å². The molecule has 4 rings (SSSR count). The number of rotatable bonds is 3. The van der Waals surface area contributed by atoms with Crippen LogP contribution in [0.1, 0.15) is 23.2 Å². The maximum absolute atomic E-state index is 12.2. The van der Waals surface area contributed by atoms with E-state index in [0.29, 0.717) is 11.5 Å². The first kappa shape index (κ1) is 12.5. The summed E-state index contributed by atoms with van der Waals surface area (Å²) in [4.78, 5) is 14.6. The van der Waals surface area contributed by atoms with Gasteiger partial charge in [-0.25, -0.2) is 4.79 Å². The van der Waals surface area contributed by atoms with Crippen molar-refractivity contribution in [2.75, 3.05) is 32.0 Å². The summed E-state index contributed by atoms with van der Waals surface area (Å²) in [6.07, 6.45) is 2.40. The Hall–Kier alpha value is -1.55. The second kappa shape index (κ2) is 5.21. The summed E-state index contributed by atoms with van der Waals surface area (Å²) < 4.78 is 5.70. The highest BCUT2D eigenvalue weighted by molar-refractivity contribution is 5.90. The zero-order valence-corrected chi connectivity index (χ0v) is 11.3. The molecule has 0 spiro atoms. The van der Waals surface area contributed by atoms with Gasteiger partial charge in [-0.3, -0.25) is 4.90 Å². The molecular formula is C15H20N2O2. The number of carbonyl (C=O) groups is 1. The summed E-state index contributed by atoms with van der Waals surface area (Å²) in [5.41, 5.74) is 1.56. The third kappa shape index (κ3) is 2.59. The fourth-order valence-electron chi connectivity index (χ4n) is 3.05. The van der Waals surface area contributed by atoms with Crippen LogP contribution in [-0.2, 0) is 4.74 Å². The van der Waals surface area contributed by atoms with Crippen molar-refractivity contribution in [1.82, 2.24) is 4.90 Å². The highest BCUT2D eigenvalue weighted by Crippen LogP contribution is 2.30. The first-order valence-corrected chi connectivity index (χ1v) is 6.97. The molecule has 1 N–H and O–H groups in total. The molecule has 0 radical (unpaired) electrons. The minimum Gasteiger partial charge on any atom is -0.457 e. The number of fused-ring (bicyclic) bond motifs is 3. The fraction of sp³-hybridized carbons (Fsp3) is 0.533. The summed E-state index contributed by atoms with van der Waals surface area (Å²) in [6.45, 7) is 3.23. The van der Waals surface area contributed by atoms with Gasteiger partial charge >= 0.3 is 5.97 Å². The molecule has 0 amide bonds. The molecule has 102 valence electrons. The maximum atomic E-state index is 12.2. The first-order valence-electron chi connectivity index (χ1n) is 6.97. The quantitative estimate of drug-likeness (QED) is 0.843. The molecule has 3 aliphatic rings. The Labute approximate surface area is 113 Å². The van der Waals surface area contributed by atoms with Crippen molar-refractivity contribution in [2.45, 2.75) is 18.9 Å². The molecule has 3 saturated heterocycles. The number of ether oxygens (including phenoxy) is 1. The molecule has 2 bridgehead atoms. The van der Waals surface area contributed by atoms with E-state index in [4.69, 9.17) is 4.74 Å². The van der Waals surface area contributed by atoms with Crippen LogP contribution in [0.15, 0.2) is 24.3 Å². The van der Waals surface area contributed by atoms with E-state index in [0.717, 1.165) is 38.2 Å². The molecular weight excluding hydrogens is 239 g/mol. The summed E-state index contributed by atoms with van der Waals surface area (Å²) in [5, 5.41) is 3.04. The smallest absolute Gasteiger partial charge is 0.338 e. The van der Waals surface area contributed by atoms with Crippen molar-refractivity contribution in [3.05, 3.63) is 29.8 Å². The topological polar surface area (TPSA) is 41.6 Å². The lowest BCUT2D eigenvalue weighted by Crippen LogP contribution is -2.51. The Morgan fingerprint density at radius 3 is 2.79 bits per heavy atom. The Bertz CT molecular complexity index is 467. The van der Waals surface area contributed by atoms with E-state index in [9.17, 15) is 4.79 Å². The van der Waals surface area contributed by atoms with E-state index in [1.807, 2.05) is 31.3 Å². The van der Waals surface area contributed by atoms with Gasteiger partial charge in [-0.2, -0.15) is 0 Å². The summed E-state index contributed by atoms with van der Waals surface area (Å²) >= 11 is 0. The maximum Gasteiger partial charge on any atom is 0.338 e. The highest BCUT2D eigenvalue weighted by atomic mass is 16.5. The van der Waals surface area contributed by atoms with E-state index in [-0.39, 0.29) is 12.1 Å². The van der Waals surface area contributed by atoms with E-state index >= 15 is 0 Å². The van der Waals surface area contributed by atoms with Crippen LogP contribution in [0, 0.1) is 5.92 Å². The monoisotopic (exact) mass is 259 g/mol. The number of anilines is 1. The van der Waals surface area contributed by atoms with E-state index in [2.05, 4.69) is 10.2 Å². The van der Waals surface area contributed by atoms with Crippen LogP contribution < -0.4 is 5.32 Å². The standard InChI is InChI=1S/C15H20N2O2/c1-16-13-4-2-3-12(9-13)15(18)19-14-10-17-7-5-11(14)6-8-17/h2-4,9,11,14,16H,5-8,10H2,1H3/t14-/m0/s1/i1-1. The third-order valence-corrected chi connectivity index (χ3v) is 4.24. The molecule has 4 heteroatoms. The molecule has 1 aromatic rings. The average Bonchev–Trinajstić information content (AvgIpc) is 2.48. The van der Waals surface area contributed by atoms with Crippen LogP contribution >= 0.6 is 0 Å². The SMILES string of the molecule is [11CH3]Nc1cccc(C(=O)O[C@H]2CN3CCC2CC3)c1. The molecule has 19 heavy (non-hydrogen) atoms. The van der Waals surface area contributed by atoms with Crippen LogP contribution in [0.2, 0.25) is 0 Å². The lowest BCUT2D eigenvalue weighted by molar-refractivity contribution is -0.0455. The Morgan fingerprint density at radius 2 is 2.16 bits per heavy atom. The second-order valence-electron chi connectivity index (χ2n) is 5.41.